The molecule has 0 aliphatic heterocycles. The standard InChI is InChI=1S/C13H11NO2/c15-13-9-5-1-3-7-11(9)14(16)12-8-4-2-6-10(12)13/h1,3-5,7-8,16H,2,6H2. The zero-order valence-corrected chi connectivity index (χ0v) is 8.68. The van der Waals surface area contributed by atoms with Crippen LogP contribution in [0.25, 0.3) is 17.0 Å². The zero-order valence-electron chi connectivity index (χ0n) is 8.68. The Kier molecular flexibility index (Phi) is 1.86. The van der Waals surface area contributed by atoms with Crippen molar-refractivity contribution in [2.45, 2.75) is 12.8 Å². The van der Waals surface area contributed by atoms with Crippen molar-refractivity contribution in [2.75, 3.05) is 0 Å². The molecular formula is C13H11NO2. The van der Waals surface area contributed by atoms with Crippen LogP contribution in [0, 0.1) is 0 Å². The van der Waals surface area contributed by atoms with Gasteiger partial charge >= 0.3 is 0 Å². The molecule has 1 aromatic heterocycles. The van der Waals surface area contributed by atoms with Crippen LogP contribution < -0.4 is 5.43 Å². The molecule has 1 aliphatic rings. The molecule has 0 bridgehead atoms. The lowest BCUT2D eigenvalue weighted by Gasteiger charge is -2.15. The highest BCUT2D eigenvalue weighted by Gasteiger charge is 2.15. The first-order valence-electron chi connectivity index (χ1n) is 5.31. The minimum absolute atomic E-state index is 0.0419. The number of benzene rings is 1. The van der Waals surface area contributed by atoms with Gasteiger partial charge in [0.1, 0.15) is 0 Å². The molecule has 2 aromatic rings. The molecule has 3 nitrogen and oxygen atoms in total. The molecular weight excluding hydrogens is 202 g/mol. The number of rotatable bonds is 0. The lowest BCUT2D eigenvalue weighted by Crippen LogP contribution is -2.19. The van der Waals surface area contributed by atoms with E-state index < -0.39 is 0 Å². The number of pyridine rings is 1. The second kappa shape index (κ2) is 3.23. The summed E-state index contributed by atoms with van der Waals surface area (Å²) >= 11 is 0. The van der Waals surface area contributed by atoms with Gasteiger partial charge in [-0.15, -0.1) is 0 Å². The summed E-state index contributed by atoms with van der Waals surface area (Å²) in [6.07, 6.45) is 5.35. The van der Waals surface area contributed by atoms with Crippen LogP contribution in [0.2, 0.25) is 0 Å². The predicted octanol–water partition coefficient (Wildman–Crippen LogP) is 2.20. The van der Waals surface area contributed by atoms with Crippen LogP contribution in [0.1, 0.15) is 17.7 Å². The average molecular weight is 213 g/mol. The predicted molar refractivity (Wildman–Crippen MR) is 62.7 cm³/mol. The fraction of sp³-hybridized carbons (Fsp3) is 0.154. The number of aromatic nitrogens is 1. The average Bonchev–Trinajstić information content (AvgIpc) is 2.36. The molecule has 16 heavy (non-hydrogen) atoms. The summed E-state index contributed by atoms with van der Waals surface area (Å²) in [5.74, 6) is 0. The van der Waals surface area contributed by atoms with Gasteiger partial charge in [-0.1, -0.05) is 18.2 Å². The van der Waals surface area contributed by atoms with Crippen molar-refractivity contribution in [2.24, 2.45) is 0 Å². The summed E-state index contributed by atoms with van der Waals surface area (Å²) in [6, 6.07) is 7.13. The maximum Gasteiger partial charge on any atom is 0.193 e. The summed E-state index contributed by atoms with van der Waals surface area (Å²) < 4.78 is 1.11. The molecule has 0 radical (unpaired) electrons. The van der Waals surface area contributed by atoms with Gasteiger partial charge in [0.2, 0.25) is 0 Å². The van der Waals surface area contributed by atoms with E-state index >= 15 is 0 Å². The van der Waals surface area contributed by atoms with Crippen LogP contribution in [-0.2, 0) is 6.42 Å². The first-order valence-corrected chi connectivity index (χ1v) is 5.31. The number of fused-ring (bicyclic) bond motifs is 2. The summed E-state index contributed by atoms with van der Waals surface area (Å²) in [5, 5.41) is 10.6. The normalized spacial score (nSPS) is 14.0. The van der Waals surface area contributed by atoms with Crippen molar-refractivity contribution in [1.82, 2.24) is 4.73 Å². The Morgan fingerprint density at radius 2 is 2.06 bits per heavy atom. The van der Waals surface area contributed by atoms with Gasteiger partial charge in [0.25, 0.3) is 0 Å². The monoisotopic (exact) mass is 213 g/mol. The Morgan fingerprint density at radius 3 is 2.94 bits per heavy atom. The fourth-order valence-corrected chi connectivity index (χ4v) is 2.22. The number of para-hydroxylation sites is 1. The van der Waals surface area contributed by atoms with Gasteiger partial charge in [0, 0.05) is 10.9 Å². The highest BCUT2D eigenvalue weighted by molar-refractivity contribution is 5.81. The van der Waals surface area contributed by atoms with Crippen LogP contribution in [0.3, 0.4) is 0 Å². The van der Waals surface area contributed by atoms with E-state index in [1.807, 2.05) is 24.3 Å². The van der Waals surface area contributed by atoms with E-state index in [-0.39, 0.29) is 5.43 Å². The highest BCUT2D eigenvalue weighted by atomic mass is 16.5. The van der Waals surface area contributed by atoms with E-state index in [0.717, 1.165) is 11.2 Å². The number of hydrogen-bond donors (Lipinski definition) is 1. The molecule has 0 unspecified atom stereocenters. The van der Waals surface area contributed by atoms with Gasteiger partial charge in [0.15, 0.2) is 5.43 Å². The first-order chi connectivity index (χ1) is 7.79. The van der Waals surface area contributed by atoms with E-state index in [0.29, 0.717) is 28.6 Å². The SMILES string of the molecule is O=c1c2c(n(O)c3ccccc13)C=CCC2. The molecule has 0 saturated carbocycles. The van der Waals surface area contributed by atoms with Gasteiger partial charge in [0.05, 0.1) is 11.2 Å². The van der Waals surface area contributed by atoms with Crippen molar-refractivity contribution in [1.29, 1.82) is 0 Å². The van der Waals surface area contributed by atoms with E-state index in [1.54, 1.807) is 12.1 Å². The molecule has 1 aliphatic carbocycles. The number of nitrogens with zero attached hydrogens (tertiary/aromatic N) is 1. The van der Waals surface area contributed by atoms with E-state index in [9.17, 15) is 10.0 Å². The second-order valence-electron chi connectivity index (χ2n) is 3.96. The lowest BCUT2D eigenvalue weighted by molar-refractivity contribution is 0.194. The Bertz CT molecular complexity index is 653. The summed E-state index contributed by atoms with van der Waals surface area (Å²) in [5.41, 5.74) is 1.94. The largest absolute Gasteiger partial charge is 0.428 e. The van der Waals surface area contributed by atoms with Crippen LogP contribution in [0.4, 0.5) is 0 Å². The minimum Gasteiger partial charge on any atom is -0.428 e. The second-order valence-corrected chi connectivity index (χ2v) is 3.96. The maximum atomic E-state index is 12.2. The van der Waals surface area contributed by atoms with Crippen LogP contribution in [0.15, 0.2) is 35.1 Å². The van der Waals surface area contributed by atoms with Gasteiger partial charge in [-0.25, -0.2) is 0 Å². The molecule has 3 rings (SSSR count). The molecule has 1 N–H and O–H groups in total. The Labute approximate surface area is 92.2 Å². The number of hydrogen-bond acceptors (Lipinski definition) is 2. The molecule has 80 valence electrons. The Hall–Kier alpha value is -2.03. The van der Waals surface area contributed by atoms with Crippen molar-refractivity contribution in [3.8, 4) is 0 Å². The van der Waals surface area contributed by atoms with Gasteiger partial charge in [-0.2, -0.15) is 4.73 Å². The third kappa shape index (κ3) is 1.11. The number of allylic oxidation sites excluding steroid dienone is 1. The molecule has 1 aromatic carbocycles. The van der Waals surface area contributed by atoms with E-state index in [1.165, 1.54) is 0 Å². The summed E-state index contributed by atoms with van der Waals surface area (Å²) in [6.45, 7) is 0. The van der Waals surface area contributed by atoms with E-state index in [4.69, 9.17) is 0 Å². The third-order valence-corrected chi connectivity index (χ3v) is 3.03. The fourth-order valence-electron chi connectivity index (χ4n) is 2.22. The molecule has 0 fully saturated rings. The quantitative estimate of drug-likeness (QED) is 0.682. The maximum absolute atomic E-state index is 12.2. The van der Waals surface area contributed by atoms with Gasteiger partial charge in [-0.3, -0.25) is 4.79 Å². The van der Waals surface area contributed by atoms with Crippen molar-refractivity contribution in [3.63, 3.8) is 0 Å². The Balaban J connectivity index is 2.55. The van der Waals surface area contributed by atoms with E-state index in [2.05, 4.69) is 0 Å². The van der Waals surface area contributed by atoms with Crippen molar-refractivity contribution in [3.05, 3.63) is 51.8 Å². The molecule has 0 atom stereocenters. The van der Waals surface area contributed by atoms with Crippen LogP contribution >= 0.6 is 0 Å². The highest BCUT2D eigenvalue weighted by Crippen LogP contribution is 2.20. The van der Waals surface area contributed by atoms with Gasteiger partial charge < -0.3 is 5.21 Å². The molecule has 0 amide bonds. The molecule has 1 heterocycles. The topological polar surface area (TPSA) is 42.2 Å². The summed E-state index contributed by atoms with van der Waals surface area (Å²) in [7, 11) is 0. The Morgan fingerprint density at radius 1 is 1.25 bits per heavy atom. The van der Waals surface area contributed by atoms with Gasteiger partial charge in [-0.05, 0) is 31.1 Å². The molecule has 0 spiro atoms. The van der Waals surface area contributed by atoms with Crippen LogP contribution in [0.5, 0.6) is 0 Å². The first kappa shape index (κ1) is 9.21. The smallest absolute Gasteiger partial charge is 0.193 e. The lowest BCUT2D eigenvalue weighted by atomic mass is 9.99. The third-order valence-electron chi connectivity index (χ3n) is 3.03. The molecule has 0 saturated heterocycles. The van der Waals surface area contributed by atoms with Crippen LogP contribution in [-0.4, -0.2) is 9.94 Å². The van der Waals surface area contributed by atoms with Crippen molar-refractivity contribution >= 4 is 17.0 Å². The molecule has 3 heteroatoms. The van der Waals surface area contributed by atoms with Crippen molar-refractivity contribution < 1.29 is 5.21 Å². The zero-order chi connectivity index (χ0) is 11.1. The minimum atomic E-state index is 0.0419. The summed E-state index contributed by atoms with van der Waals surface area (Å²) in [4.78, 5) is 12.2.